The lowest BCUT2D eigenvalue weighted by atomic mass is 9.82. The van der Waals surface area contributed by atoms with Crippen LogP contribution in [-0.4, -0.2) is 27.6 Å². The van der Waals surface area contributed by atoms with Gasteiger partial charge in [0.15, 0.2) is 0 Å². The summed E-state index contributed by atoms with van der Waals surface area (Å²) in [5.74, 6) is 5.73. The van der Waals surface area contributed by atoms with E-state index >= 15 is 0 Å². The van der Waals surface area contributed by atoms with Gasteiger partial charge in [0.05, 0.1) is 0 Å². The average Bonchev–Trinajstić information content (AvgIpc) is 2.61. The normalized spacial score (nSPS) is 22.6. The van der Waals surface area contributed by atoms with Crippen molar-refractivity contribution in [2.75, 3.05) is 0 Å². The molecule has 1 aliphatic rings. The number of nitrogens with one attached hydrogen (secondary N) is 1. The van der Waals surface area contributed by atoms with Gasteiger partial charge in [-0.05, 0) is 49.6 Å². The zero-order valence-corrected chi connectivity index (χ0v) is 14.5. The van der Waals surface area contributed by atoms with Crippen molar-refractivity contribution >= 4 is 17.5 Å². The van der Waals surface area contributed by atoms with Crippen LogP contribution in [0.3, 0.4) is 0 Å². The van der Waals surface area contributed by atoms with E-state index in [-0.39, 0.29) is 11.9 Å². The van der Waals surface area contributed by atoms with Gasteiger partial charge in [-0.2, -0.15) is 0 Å². The molecule has 4 nitrogen and oxygen atoms in total. The molecule has 0 unspecified atom stereocenters. The smallest absolute Gasteiger partial charge is 0.270 e. The van der Waals surface area contributed by atoms with Crippen molar-refractivity contribution in [3.05, 3.63) is 64.9 Å². The van der Waals surface area contributed by atoms with E-state index < -0.39 is 5.60 Å². The van der Waals surface area contributed by atoms with E-state index in [0.29, 0.717) is 23.6 Å². The molecule has 1 aromatic carbocycles. The van der Waals surface area contributed by atoms with Crippen LogP contribution in [0.5, 0.6) is 0 Å². The van der Waals surface area contributed by atoms with E-state index in [1.165, 1.54) is 0 Å². The molecule has 1 amide bonds. The Morgan fingerprint density at radius 1 is 1.32 bits per heavy atom. The fourth-order valence-corrected chi connectivity index (χ4v) is 3.19. The van der Waals surface area contributed by atoms with Crippen molar-refractivity contribution < 1.29 is 9.90 Å². The maximum absolute atomic E-state index is 12.2. The van der Waals surface area contributed by atoms with Gasteiger partial charge in [-0.3, -0.25) is 9.78 Å². The summed E-state index contributed by atoms with van der Waals surface area (Å²) in [7, 11) is 0. The van der Waals surface area contributed by atoms with Gasteiger partial charge in [-0.25, -0.2) is 0 Å². The van der Waals surface area contributed by atoms with Crippen LogP contribution in [0.25, 0.3) is 0 Å². The number of aliphatic hydroxyl groups is 1. The summed E-state index contributed by atoms with van der Waals surface area (Å²) in [5.41, 5.74) is 0.0324. The fourth-order valence-electron chi connectivity index (χ4n) is 3.00. The van der Waals surface area contributed by atoms with Crippen LogP contribution in [-0.2, 0) is 0 Å². The molecule has 0 aliphatic heterocycles. The van der Waals surface area contributed by atoms with Crippen molar-refractivity contribution in [3.63, 3.8) is 0 Å². The Bertz CT molecular complexity index is 813. The van der Waals surface area contributed by atoms with Gasteiger partial charge in [0.1, 0.15) is 11.3 Å². The van der Waals surface area contributed by atoms with E-state index in [1.807, 2.05) is 12.1 Å². The predicted octanol–water partition coefficient (Wildman–Crippen LogP) is 3.19. The van der Waals surface area contributed by atoms with Crippen LogP contribution in [0.15, 0.2) is 48.7 Å². The third-order valence-electron chi connectivity index (χ3n) is 4.22. The molecule has 3 rings (SSSR count). The molecule has 1 aliphatic carbocycles. The minimum absolute atomic E-state index is 0.123. The zero-order valence-electron chi connectivity index (χ0n) is 13.7. The second kappa shape index (κ2) is 7.69. The second-order valence-corrected chi connectivity index (χ2v) is 6.71. The number of pyridine rings is 1. The topological polar surface area (TPSA) is 62.2 Å². The van der Waals surface area contributed by atoms with Gasteiger partial charge in [0.2, 0.25) is 0 Å². The zero-order chi connectivity index (χ0) is 17.7. The largest absolute Gasteiger partial charge is 0.378 e. The summed E-state index contributed by atoms with van der Waals surface area (Å²) in [5, 5.41) is 14.3. The summed E-state index contributed by atoms with van der Waals surface area (Å²) in [6.45, 7) is 0. The van der Waals surface area contributed by atoms with Crippen molar-refractivity contribution in [2.24, 2.45) is 0 Å². The number of benzene rings is 1. The highest BCUT2D eigenvalue weighted by molar-refractivity contribution is 6.30. The summed E-state index contributed by atoms with van der Waals surface area (Å²) in [6, 6.07) is 12.3. The monoisotopic (exact) mass is 354 g/mol. The van der Waals surface area contributed by atoms with Gasteiger partial charge in [-0.1, -0.05) is 35.6 Å². The van der Waals surface area contributed by atoms with E-state index in [1.54, 1.807) is 36.5 Å². The Hall–Kier alpha value is -2.35. The third kappa shape index (κ3) is 4.82. The lowest BCUT2D eigenvalue weighted by Gasteiger charge is -2.33. The number of carbonyl (C=O) groups excluding carboxylic acids is 1. The molecule has 1 fully saturated rings. The van der Waals surface area contributed by atoms with E-state index in [4.69, 9.17) is 11.6 Å². The summed E-state index contributed by atoms with van der Waals surface area (Å²) < 4.78 is 0. The number of carbonyl (C=O) groups is 1. The summed E-state index contributed by atoms with van der Waals surface area (Å²) in [6.07, 6.45) is 4.20. The molecule has 0 radical (unpaired) electrons. The molecular weight excluding hydrogens is 336 g/mol. The molecule has 1 aromatic heterocycles. The van der Waals surface area contributed by atoms with Gasteiger partial charge < -0.3 is 10.4 Å². The minimum Gasteiger partial charge on any atom is -0.378 e. The molecule has 0 bridgehead atoms. The van der Waals surface area contributed by atoms with Crippen molar-refractivity contribution in [1.82, 2.24) is 10.3 Å². The van der Waals surface area contributed by atoms with Crippen molar-refractivity contribution in [3.8, 4) is 11.8 Å². The first-order valence-electron chi connectivity index (χ1n) is 8.27. The Kier molecular flexibility index (Phi) is 5.37. The maximum Gasteiger partial charge on any atom is 0.270 e. The highest BCUT2D eigenvalue weighted by Gasteiger charge is 2.33. The number of aromatic nitrogens is 1. The number of nitrogens with zero attached hydrogens (tertiary/aromatic N) is 1. The van der Waals surface area contributed by atoms with Gasteiger partial charge >= 0.3 is 0 Å². The van der Waals surface area contributed by atoms with Gasteiger partial charge in [0, 0.05) is 29.2 Å². The van der Waals surface area contributed by atoms with Crippen LogP contribution in [0.1, 0.15) is 41.7 Å². The molecule has 5 heteroatoms. The van der Waals surface area contributed by atoms with E-state index in [2.05, 4.69) is 22.1 Å². The maximum atomic E-state index is 12.2. The minimum atomic E-state index is -1.11. The number of hydrogen-bond acceptors (Lipinski definition) is 3. The SMILES string of the molecule is O=C(N[C@H]1CCC[C@@](O)(C#Cc2cccc(Cl)c2)C1)c1ccccn1. The summed E-state index contributed by atoms with van der Waals surface area (Å²) in [4.78, 5) is 16.3. The first kappa shape index (κ1) is 17.5. The van der Waals surface area contributed by atoms with Crippen LogP contribution in [0.4, 0.5) is 0 Å². The highest BCUT2D eigenvalue weighted by atomic mass is 35.5. The third-order valence-corrected chi connectivity index (χ3v) is 4.46. The first-order chi connectivity index (χ1) is 12.0. The Balaban J connectivity index is 1.67. The molecule has 25 heavy (non-hydrogen) atoms. The lowest BCUT2D eigenvalue weighted by Crippen LogP contribution is -2.45. The Morgan fingerprint density at radius 3 is 2.96 bits per heavy atom. The number of rotatable bonds is 2. The quantitative estimate of drug-likeness (QED) is 0.814. The Labute approximate surface area is 152 Å². The number of amides is 1. The second-order valence-electron chi connectivity index (χ2n) is 6.27. The molecule has 128 valence electrons. The predicted molar refractivity (Wildman–Crippen MR) is 97.2 cm³/mol. The molecule has 2 N–H and O–H groups in total. The van der Waals surface area contributed by atoms with Crippen molar-refractivity contribution in [2.45, 2.75) is 37.3 Å². The molecule has 0 saturated heterocycles. The fraction of sp³-hybridized carbons (Fsp3) is 0.300. The molecule has 0 spiro atoms. The highest BCUT2D eigenvalue weighted by Crippen LogP contribution is 2.28. The first-order valence-corrected chi connectivity index (χ1v) is 8.65. The molecule has 1 saturated carbocycles. The van der Waals surface area contributed by atoms with Crippen LogP contribution < -0.4 is 5.32 Å². The van der Waals surface area contributed by atoms with Crippen LogP contribution in [0.2, 0.25) is 5.02 Å². The summed E-state index contributed by atoms with van der Waals surface area (Å²) >= 11 is 5.96. The molecule has 2 aromatic rings. The van der Waals surface area contributed by atoms with Gasteiger partial charge in [-0.15, -0.1) is 0 Å². The standard InChI is InChI=1S/C20H19ClN2O2/c21-16-6-3-5-15(13-16)9-11-20(25)10-4-7-17(14-20)23-19(24)18-8-1-2-12-22-18/h1-3,5-6,8,12-13,17,25H,4,7,10,14H2,(H,23,24)/t17-,20+/m0/s1. The number of hydrogen-bond donors (Lipinski definition) is 2. The molecule has 1 heterocycles. The van der Waals surface area contributed by atoms with E-state index in [9.17, 15) is 9.90 Å². The Morgan fingerprint density at radius 2 is 2.20 bits per heavy atom. The number of halogens is 1. The van der Waals surface area contributed by atoms with Gasteiger partial charge in [0.25, 0.3) is 5.91 Å². The van der Waals surface area contributed by atoms with Crippen LogP contribution in [0, 0.1) is 11.8 Å². The van der Waals surface area contributed by atoms with E-state index in [0.717, 1.165) is 18.4 Å². The van der Waals surface area contributed by atoms with Crippen LogP contribution >= 0.6 is 11.6 Å². The average molecular weight is 355 g/mol. The molecule has 2 atom stereocenters. The molecular formula is C20H19ClN2O2. The lowest BCUT2D eigenvalue weighted by molar-refractivity contribution is 0.0451. The van der Waals surface area contributed by atoms with Crippen molar-refractivity contribution in [1.29, 1.82) is 0 Å².